The van der Waals surface area contributed by atoms with Gasteiger partial charge in [-0.2, -0.15) is 0 Å². The van der Waals surface area contributed by atoms with E-state index in [-0.39, 0.29) is 5.91 Å². The minimum absolute atomic E-state index is 0.276. The molecule has 4 aromatic heterocycles. The number of nitrogens with zero attached hydrogens (tertiary/aromatic N) is 3. The number of aromatic amines is 1. The monoisotopic (exact) mass is 375 g/mol. The predicted molar refractivity (Wildman–Crippen MR) is 109 cm³/mol. The normalized spacial score (nSPS) is 10.9. The average Bonchev–Trinajstić information content (AvgIpc) is 3.34. The van der Waals surface area contributed by atoms with Crippen LogP contribution in [0.3, 0.4) is 0 Å². The maximum absolute atomic E-state index is 11.4. The fraction of sp³-hybridized carbons (Fsp3) is 0.100. The molecule has 0 radical (unpaired) electrons. The lowest BCUT2D eigenvalue weighted by atomic mass is 10.0. The van der Waals surface area contributed by atoms with Crippen molar-refractivity contribution >= 4 is 33.4 Å². The van der Waals surface area contributed by atoms with Crippen molar-refractivity contribution in [3.63, 3.8) is 0 Å². The summed E-state index contributed by atoms with van der Waals surface area (Å²) in [6.45, 7) is 5.54. The van der Waals surface area contributed by atoms with E-state index in [2.05, 4.69) is 50.9 Å². The van der Waals surface area contributed by atoms with Gasteiger partial charge in [0.15, 0.2) is 5.13 Å². The number of nitrogens with one attached hydrogen (secondary N) is 2. The van der Waals surface area contributed by atoms with E-state index in [0.29, 0.717) is 5.13 Å². The third-order valence-electron chi connectivity index (χ3n) is 4.24. The van der Waals surface area contributed by atoms with Gasteiger partial charge in [-0.05, 0) is 36.3 Å². The van der Waals surface area contributed by atoms with Crippen molar-refractivity contribution < 1.29 is 4.79 Å². The quantitative estimate of drug-likeness (QED) is 0.505. The zero-order chi connectivity index (χ0) is 18.8. The molecule has 0 saturated heterocycles. The first-order valence-corrected chi connectivity index (χ1v) is 9.37. The zero-order valence-corrected chi connectivity index (χ0v) is 15.5. The average molecular weight is 375 g/mol. The van der Waals surface area contributed by atoms with Crippen molar-refractivity contribution in [1.82, 2.24) is 19.9 Å². The fourth-order valence-electron chi connectivity index (χ4n) is 2.84. The number of aryl methyl sites for hydroxylation is 1. The summed E-state index contributed by atoms with van der Waals surface area (Å²) in [5, 5.41) is 6.13. The summed E-state index contributed by atoms with van der Waals surface area (Å²) in [4.78, 5) is 28.0. The third kappa shape index (κ3) is 3.37. The number of hydrogen-bond acceptors (Lipinski definition) is 5. The molecule has 0 bridgehead atoms. The number of anilines is 1. The van der Waals surface area contributed by atoms with E-state index >= 15 is 0 Å². The number of pyridine rings is 2. The van der Waals surface area contributed by atoms with Crippen molar-refractivity contribution in [2.24, 2.45) is 0 Å². The maximum atomic E-state index is 11.4. The molecule has 4 aromatic rings. The van der Waals surface area contributed by atoms with Crippen LogP contribution in [0.2, 0.25) is 0 Å². The molecule has 0 aromatic carbocycles. The summed E-state index contributed by atoms with van der Waals surface area (Å²) < 4.78 is 0. The molecule has 6 nitrogen and oxygen atoms in total. The van der Waals surface area contributed by atoms with Gasteiger partial charge in [0, 0.05) is 46.2 Å². The van der Waals surface area contributed by atoms with E-state index in [9.17, 15) is 4.79 Å². The second-order valence-electron chi connectivity index (χ2n) is 5.94. The second kappa shape index (κ2) is 7.13. The number of rotatable bonds is 5. The van der Waals surface area contributed by atoms with Crippen LogP contribution in [0, 0.1) is 0 Å². The van der Waals surface area contributed by atoms with E-state index in [1.54, 1.807) is 6.20 Å². The van der Waals surface area contributed by atoms with Gasteiger partial charge in [-0.3, -0.25) is 15.1 Å². The van der Waals surface area contributed by atoms with E-state index in [0.717, 1.165) is 45.5 Å². The van der Waals surface area contributed by atoms with Crippen LogP contribution in [0.25, 0.3) is 33.4 Å². The van der Waals surface area contributed by atoms with Gasteiger partial charge >= 0.3 is 0 Å². The van der Waals surface area contributed by atoms with Gasteiger partial charge in [-0.15, -0.1) is 11.3 Å². The molecular formula is C20H17N5OS. The van der Waals surface area contributed by atoms with Gasteiger partial charge in [-0.1, -0.05) is 13.5 Å². The molecule has 2 N–H and O–H groups in total. The number of hydrogen-bond donors (Lipinski definition) is 2. The van der Waals surface area contributed by atoms with Gasteiger partial charge in [0.25, 0.3) is 0 Å². The molecule has 0 unspecified atom stereocenters. The molecule has 0 spiro atoms. The van der Waals surface area contributed by atoms with Gasteiger partial charge in [0.05, 0.1) is 5.69 Å². The second-order valence-corrected chi connectivity index (χ2v) is 6.80. The summed E-state index contributed by atoms with van der Waals surface area (Å²) in [7, 11) is 0. The number of fused-ring (bicyclic) bond motifs is 1. The molecule has 0 aliphatic rings. The van der Waals surface area contributed by atoms with Crippen LogP contribution >= 0.6 is 11.3 Å². The highest BCUT2D eigenvalue weighted by Gasteiger charge is 2.12. The lowest BCUT2D eigenvalue weighted by Crippen LogP contribution is -2.06. The topological polar surface area (TPSA) is 83.6 Å². The van der Waals surface area contributed by atoms with E-state index in [1.165, 1.54) is 17.4 Å². The molecule has 7 heteroatoms. The van der Waals surface area contributed by atoms with Crippen molar-refractivity contribution in [2.45, 2.75) is 13.3 Å². The number of H-pyrrole nitrogens is 1. The van der Waals surface area contributed by atoms with Crippen LogP contribution < -0.4 is 5.32 Å². The Morgan fingerprint density at radius 2 is 2.22 bits per heavy atom. The molecule has 0 saturated carbocycles. The Morgan fingerprint density at radius 3 is 3.04 bits per heavy atom. The molecule has 1 amide bonds. The molecule has 0 aliphatic heterocycles. The first-order valence-electron chi connectivity index (χ1n) is 8.49. The number of carbonyl (C=O) groups is 1. The van der Waals surface area contributed by atoms with Crippen LogP contribution in [0.5, 0.6) is 0 Å². The summed E-state index contributed by atoms with van der Waals surface area (Å²) in [5.74, 6) is -0.276. The maximum Gasteiger partial charge on any atom is 0.249 e. The molecule has 27 heavy (non-hydrogen) atoms. The van der Waals surface area contributed by atoms with E-state index < -0.39 is 0 Å². The summed E-state index contributed by atoms with van der Waals surface area (Å²) >= 11 is 1.37. The molecule has 4 heterocycles. The first kappa shape index (κ1) is 17.1. The van der Waals surface area contributed by atoms with E-state index in [1.807, 2.05) is 23.8 Å². The molecular weight excluding hydrogens is 358 g/mol. The standard InChI is InChI=1S/C20H17N5OS/c1-3-14-7-12(5-6-21-14)16-10-23-19-15(16)8-13(9-22-19)17-11-27-20(24-17)25-18(26)4-2/h4-11H,2-3H2,1H3,(H,22,23)(H,24,25,26). The SMILES string of the molecule is C=CC(=O)Nc1nc(-c2cnc3[nH]cc(-c4ccnc(CC)c4)c3c2)cs1. The van der Waals surface area contributed by atoms with Gasteiger partial charge in [0.2, 0.25) is 5.91 Å². The minimum atomic E-state index is -0.276. The van der Waals surface area contributed by atoms with Gasteiger partial charge < -0.3 is 4.98 Å². The van der Waals surface area contributed by atoms with Gasteiger partial charge in [0.1, 0.15) is 5.65 Å². The summed E-state index contributed by atoms with van der Waals surface area (Å²) in [6, 6.07) is 6.16. The molecule has 0 aliphatic carbocycles. The van der Waals surface area contributed by atoms with Crippen molar-refractivity contribution in [1.29, 1.82) is 0 Å². The zero-order valence-electron chi connectivity index (χ0n) is 14.7. The van der Waals surface area contributed by atoms with Crippen molar-refractivity contribution in [3.8, 4) is 22.4 Å². The predicted octanol–water partition coefficient (Wildman–Crippen LogP) is 4.44. The molecule has 0 fully saturated rings. The first-order chi connectivity index (χ1) is 13.2. The smallest absolute Gasteiger partial charge is 0.249 e. The van der Waals surface area contributed by atoms with Crippen LogP contribution in [0.15, 0.2) is 54.8 Å². The number of thiazole rings is 1. The molecule has 0 atom stereocenters. The number of amides is 1. The Morgan fingerprint density at radius 1 is 1.33 bits per heavy atom. The number of aromatic nitrogens is 4. The lowest BCUT2D eigenvalue weighted by molar-refractivity contribution is -0.111. The van der Waals surface area contributed by atoms with Crippen molar-refractivity contribution in [2.75, 3.05) is 5.32 Å². The van der Waals surface area contributed by atoms with Crippen LogP contribution in [0.1, 0.15) is 12.6 Å². The highest BCUT2D eigenvalue weighted by atomic mass is 32.1. The Labute approximate surface area is 160 Å². The van der Waals surface area contributed by atoms with Gasteiger partial charge in [-0.25, -0.2) is 9.97 Å². The minimum Gasteiger partial charge on any atom is -0.346 e. The summed E-state index contributed by atoms with van der Waals surface area (Å²) in [6.07, 6.45) is 7.69. The fourth-order valence-corrected chi connectivity index (χ4v) is 3.56. The largest absolute Gasteiger partial charge is 0.346 e. The highest BCUT2D eigenvalue weighted by molar-refractivity contribution is 7.14. The summed E-state index contributed by atoms with van der Waals surface area (Å²) in [5.41, 5.74) is 5.71. The Kier molecular flexibility index (Phi) is 4.52. The Bertz CT molecular complexity index is 1140. The van der Waals surface area contributed by atoms with Crippen molar-refractivity contribution in [3.05, 3.63) is 60.5 Å². The lowest BCUT2D eigenvalue weighted by Gasteiger charge is -2.03. The van der Waals surface area contributed by atoms with Crippen LogP contribution in [0.4, 0.5) is 5.13 Å². The Balaban J connectivity index is 1.74. The highest BCUT2D eigenvalue weighted by Crippen LogP contribution is 2.32. The number of carbonyl (C=O) groups excluding carboxylic acids is 1. The van der Waals surface area contributed by atoms with E-state index in [4.69, 9.17) is 0 Å². The van der Waals surface area contributed by atoms with Crippen LogP contribution in [-0.4, -0.2) is 25.8 Å². The molecule has 4 rings (SSSR count). The van der Waals surface area contributed by atoms with Crippen LogP contribution in [-0.2, 0) is 11.2 Å². The Hall–Kier alpha value is -3.32. The molecule has 134 valence electrons. The third-order valence-corrected chi connectivity index (χ3v) is 4.99.